The van der Waals surface area contributed by atoms with Gasteiger partial charge in [-0.3, -0.25) is 4.99 Å². The van der Waals surface area contributed by atoms with Crippen molar-refractivity contribution in [3.8, 4) is 0 Å². The van der Waals surface area contributed by atoms with Gasteiger partial charge in [0.05, 0.1) is 20.5 Å². The molecule has 0 aliphatic carbocycles. The highest BCUT2D eigenvalue weighted by Gasteiger charge is 2.40. The van der Waals surface area contributed by atoms with E-state index >= 15 is 0 Å². The van der Waals surface area contributed by atoms with Crippen molar-refractivity contribution in [2.24, 2.45) is 4.99 Å². The summed E-state index contributed by atoms with van der Waals surface area (Å²) in [4.78, 5) is 10.3. The molecule has 10 heteroatoms. The molecule has 1 aromatic rings. The van der Waals surface area contributed by atoms with E-state index in [2.05, 4.69) is 20.6 Å². The minimum absolute atomic E-state index is 0.128. The molecule has 2 N–H and O–H groups in total. The van der Waals surface area contributed by atoms with Crippen molar-refractivity contribution in [2.45, 2.75) is 18.6 Å². The third kappa shape index (κ3) is 4.89. The third-order valence-electron chi connectivity index (χ3n) is 4.06. The van der Waals surface area contributed by atoms with Crippen molar-refractivity contribution in [1.82, 2.24) is 15.2 Å². The molecule has 1 aliphatic rings. The molecule has 0 spiro atoms. The van der Waals surface area contributed by atoms with Crippen LogP contribution in [-0.4, -0.2) is 68.0 Å². The Hall–Kier alpha value is -1.25. The monoisotopic (exact) mass is 407 g/mol. The first kappa shape index (κ1) is 20.1. The number of hydrogen-bond donors (Lipinski definition) is 2. The fraction of sp³-hybridized carbons (Fsp3) is 0.600. The van der Waals surface area contributed by atoms with Crippen LogP contribution in [0.15, 0.2) is 17.3 Å². The molecular weight excluding hydrogens is 385 g/mol. The van der Waals surface area contributed by atoms with Crippen molar-refractivity contribution >= 4 is 44.8 Å². The molecule has 0 atom stereocenters. The first-order chi connectivity index (χ1) is 11.7. The number of anilines is 1. The summed E-state index contributed by atoms with van der Waals surface area (Å²) in [6.45, 7) is 5.49. The summed E-state index contributed by atoms with van der Waals surface area (Å²) in [5.41, 5.74) is 0. The fourth-order valence-corrected chi connectivity index (χ4v) is 4.37. The van der Waals surface area contributed by atoms with Gasteiger partial charge in [-0.2, -0.15) is 0 Å². The number of pyridine rings is 1. The molecule has 0 radical (unpaired) electrons. The fourth-order valence-electron chi connectivity index (χ4n) is 2.56. The van der Waals surface area contributed by atoms with E-state index in [4.69, 9.17) is 23.2 Å². The Morgan fingerprint density at radius 3 is 2.72 bits per heavy atom. The van der Waals surface area contributed by atoms with E-state index in [1.54, 1.807) is 27.0 Å². The van der Waals surface area contributed by atoms with Crippen molar-refractivity contribution in [3.63, 3.8) is 0 Å². The van der Waals surface area contributed by atoms with Crippen molar-refractivity contribution < 1.29 is 8.42 Å². The van der Waals surface area contributed by atoms with Crippen LogP contribution in [0.3, 0.4) is 0 Å². The zero-order valence-corrected chi connectivity index (χ0v) is 16.8. The van der Waals surface area contributed by atoms with Crippen LogP contribution >= 0.6 is 23.2 Å². The second-order valence-electron chi connectivity index (χ2n) is 6.38. The van der Waals surface area contributed by atoms with E-state index in [-0.39, 0.29) is 5.75 Å². The van der Waals surface area contributed by atoms with Gasteiger partial charge in [0.15, 0.2) is 15.8 Å². The van der Waals surface area contributed by atoms with Crippen LogP contribution in [0.2, 0.25) is 10.0 Å². The minimum Gasteiger partial charge on any atom is -0.367 e. The quantitative estimate of drug-likeness (QED) is 0.450. The summed E-state index contributed by atoms with van der Waals surface area (Å²) in [5, 5.41) is 7.29. The average Bonchev–Trinajstić information content (AvgIpc) is 2.52. The van der Waals surface area contributed by atoms with Crippen LogP contribution in [0.25, 0.3) is 0 Å². The molecule has 2 rings (SSSR count). The van der Waals surface area contributed by atoms with Crippen LogP contribution < -0.4 is 10.6 Å². The van der Waals surface area contributed by atoms with E-state index < -0.39 is 14.6 Å². The maximum absolute atomic E-state index is 12.1. The first-order valence-corrected chi connectivity index (χ1v) is 10.3. The van der Waals surface area contributed by atoms with Crippen LogP contribution in [0.4, 0.5) is 5.82 Å². The molecule has 0 bridgehead atoms. The lowest BCUT2D eigenvalue weighted by Crippen LogP contribution is -2.57. The van der Waals surface area contributed by atoms with Crippen LogP contribution in [0.1, 0.15) is 13.8 Å². The summed E-state index contributed by atoms with van der Waals surface area (Å²) < 4.78 is 23.4. The summed E-state index contributed by atoms with van der Waals surface area (Å²) in [6.07, 6.45) is 1.53. The predicted molar refractivity (Wildman–Crippen MR) is 104 cm³/mol. The average molecular weight is 408 g/mol. The number of guanidine groups is 1. The lowest BCUT2D eigenvalue weighted by molar-refractivity contribution is 0.354. The number of halogens is 2. The van der Waals surface area contributed by atoms with Crippen LogP contribution in [-0.2, 0) is 9.84 Å². The highest BCUT2D eigenvalue weighted by Crippen LogP contribution is 2.24. The molecule has 1 aliphatic heterocycles. The SMILES string of the molecule is CN=C(NCCNc1ncc(Cl)cc1Cl)N1CCS(=O)(=O)C(C)(C)C1. The predicted octanol–water partition coefficient (Wildman–Crippen LogP) is 1.88. The number of aliphatic imine (C=N–C) groups is 1. The molecule has 0 amide bonds. The molecule has 1 aromatic heterocycles. The normalized spacial score (nSPS) is 19.6. The van der Waals surface area contributed by atoms with Crippen molar-refractivity contribution in [3.05, 3.63) is 22.3 Å². The van der Waals surface area contributed by atoms with Gasteiger partial charge in [-0.05, 0) is 19.9 Å². The van der Waals surface area contributed by atoms with E-state index in [1.807, 2.05) is 4.90 Å². The van der Waals surface area contributed by atoms with Crippen molar-refractivity contribution in [1.29, 1.82) is 0 Å². The van der Waals surface area contributed by atoms with E-state index in [0.29, 0.717) is 48.0 Å². The van der Waals surface area contributed by atoms with Gasteiger partial charge >= 0.3 is 0 Å². The van der Waals surface area contributed by atoms with E-state index in [1.165, 1.54) is 6.20 Å². The second-order valence-corrected chi connectivity index (χ2v) is 9.97. The number of nitrogens with zero attached hydrogens (tertiary/aromatic N) is 3. The summed E-state index contributed by atoms with van der Waals surface area (Å²) >= 11 is 11.9. The smallest absolute Gasteiger partial charge is 0.193 e. The van der Waals surface area contributed by atoms with Gasteiger partial charge in [0, 0.05) is 39.4 Å². The Morgan fingerprint density at radius 2 is 2.12 bits per heavy atom. The number of rotatable bonds is 4. The van der Waals surface area contributed by atoms with Gasteiger partial charge < -0.3 is 15.5 Å². The zero-order chi connectivity index (χ0) is 18.7. The van der Waals surface area contributed by atoms with Gasteiger partial charge in [0.25, 0.3) is 0 Å². The Morgan fingerprint density at radius 1 is 1.40 bits per heavy atom. The molecule has 0 saturated carbocycles. The maximum atomic E-state index is 12.1. The molecule has 2 heterocycles. The lowest BCUT2D eigenvalue weighted by atomic mass is 10.2. The highest BCUT2D eigenvalue weighted by molar-refractivity contribution is 7.92. The number of sulfone groups is 1. The molecular formula is C15H23Cl2N5O2S. The van der Waals surface area contributed by atoms with Crippen molar-refractivity contribution in [2.75, 3.05) is 44.3 Å². The Kier molecular flexibility index (Phi) is 6.40. The second kappa shape index (κ2) is 7.97. The van der Waals surface area contributed by atoms with Gasteiger partial charge in [-0.15, -0.1) is 0 Å². The molecule has 140 valence electrons. The molecule has 0 aromatic carbocycles. The third-order valence-corrected chi connectivity index (χ3v) is 7.09. The van der Waals surface area contributed by atoms with Gasteiger partial charge in [0.1, 0.15) is 5.82 Å². The standard InChI is InChI=1S/C15H23Cl2N5O2S/c1-15(2)10-22(6-7-25(15,23)24)14(18-3)20-5-4-19-13-12(17)8-11(16)9-21-13/h8-9H,4-7,10H2,1-3H3,(H,18,20)(H,19,21). The summed E-state index contributed by atoms with van der Waals surface area (Å²) in [5.74, 6) is 1.37. The number of aromatic nitrogens is 1. The molecule has 1 fully saturated rings. The number of nitrogens with one attached hydrogen (secondary N) is 2. The van der Waals surface area contributed by atoms with E-state index in [0.717, 1.165) is 0 Å². The molecule has 25 heavy (non-hydrogen) atoms. The van der Waals surface area contributed by atoms with Gasteiger partial charge in [-0.25, -0.2) is 13.4 Å². The molecule has 0 unspecified atom stereocenters. The van der Waals surface area contributed by atoms with Crippen LogP contribution in [0, 0.1) is 0 Å². The van der Waals surface area contributed by atoms with Crippen LogP contribution in [0.5, 0.6) is 0 Å². The zero-order valence-electron chi connectivity index (χ0n) is 14.5. The maximum Gasteiger partial charge on any atom is 0.193 e. The first-order valence-electron chi connectivity index (χ1n) is 7.89. The Balaban J connectivity index is 1.87. The molecule has 1 saturated heterocycles. The minimum atomic E-state index is -3.08. The summed E-state index contributed by atoms with van der Waals surface area (Å²) in [7, 11) is -1.39. The topological polar surface area (TPSA) is 86.7 Å². The highest BCUT2D eigenvalue weighted by atomic mass is 35.5. The van der Waals surface area contributed by atoms with Gasteiger partial charge in [0.2, 0.25) is 0 Å². The largest absolute Gasteiger partial charge is 0.367 e. The Bertz CT molecular complexity index is 752. The summed E-state index contributed by atoms with van der Waals surface area (Å²) in [6, 6.07) is 1.63. The van der Waals surface area contributed by atoms with Gasteiger partial charge in [-0.1, -0.05) is 23.2 Å². The molecule has 7 nitrogen and oxygen atoms in total. The lowest BCUT2D eigenvalue weighted by Gasteiger charge is -2.39. The van der Waals surface area contributed by atoms with E-state index in [9.17, 15) is 8.42 Å². The number of hydrogen-bond acceptors (Lipinski definition) is 5. The Labute approximate surface area is 158 Å².